The standard InChI is InChI=1S/C14H16ClNO4S/c1-8(17)16-11(9-4-6-10(15)7-5-9)21-14(2,3)12(16)20-13(18)19/h4-7,11-12H,1-3H3,(H,18,19)/t11-,12+/m1/s1. The quantitative estimate of drug-likeness (QED) is 0.837. The van der Waals surface area contributed by atoms with E-state index in [1.807, 2.05) is 26.0 Å². The molecule has 0 unspecified atom stereocenters. The maximum absolute atomic E-state index is 12.0. The monoisotopic (exact) mass is 329 g/mol. The molecule has 0 saturated carbocycles. The Balaban J connectivity index is 2.39. The fraction of sp³-hybridized carbons (Fsp3) is 0.429. The number of amides is 1. The van der Waals surface area contributed by atoms with Gasteiger partial charge in [0.05, 0.1) is 4.75 Å². The summed E-state index contributed by atoms with van der Waals surface area (Å²) in [5.41, 5.74) is 0.879. The first kappa shape index (κ1) is 16.0. The number of rotatable bonds is 2. The number of hydrogen-bond donors (Lipinski definition) is 1. The predicted molar refractivity (Wildman–Crippen MR) is 81.3 cm³/mol. The van der Waals surface area contributed by atoms with Crippen LogP contribution in [0.3, 0.4) is 0 Å². The average molecular weight is 330 g/mol. The topological polar surface area (TPSA) is 66.8 Å². The Morgan fingerprint density at radius 2 is 1.90 bits per heavy atom. The van der Waals surface area contributed by atoms with Crippen LogP contribution in [0.25, 0.3) is 0 Å². The zero-order valence-electron chi connectivity index (χ0n) is 11.9. The molecule has 1 aromatic rings. The number of hydrogen-bond acceptors (Lipinski definition) is 4. The number of carbonyl (C=O) groups is 2. The largest absolute Gasteiger partial charge is 0.507 e. The Hall–Kier alpha value is -1.40. The van der Waals surface area contributed by atoms with Crippen molar-refractivity contribution in [2.45, 2.75) is 37.1 Å². The first-order valence-corrected chi connectivity index (χ1v) is 7.60. The molecular formula is C14H16ClNO4S. The molecular weight excluding hydrogens is 314 g/mol. The number of carboxylic acid groups (broad SMARTS) is 1. The number of nitrogens with zero attached hydrogens (tertiary/aromatic N) is 1. The van der Waals surface area contributed by atoms with E-state index in [2.05, 4.69) is 0 Å². The van der Waals surface area contributed by atoms with Crippen LogP contribution in [0.4, 0.5) is 4.79 Å². The van der Waals surface area contributed by atoms with Gasteiger partial charge in [-0.05, 0) is 31.5 Å². The van der Waals surface area contributed by atoms with Gasteiger partial charge in [-0.1, -0.05) is 23.7 Å². The van der Waals surface area contributed by atoms with E-state index in [4.69, 9.17) is 21.4 Å². The van der Waals surface area contributed by atoms with Gasteiger partial charge in [0.2, 0.25) is 5.91 Å². The molecule has 1 aromatic carbocycles. The van der Waals surface area contributed by atoms with Crippen LogP contribution in [0.2, 0.25) is 5.02 Å². The summed E-state index contributed by atoms with van der Waals surface area (Å²) in [4.78, 5) is 24.4. The fourth-order valence-corrected chi connectivity index (χ4v) is 3.99. The zero-order valence-corrected chi connectivity index (χ0v) is 13.4. The molecule has 0 spiro atoms. The molecule has 1 aliphatic rings. The Labute approximate surface area is 132 Å². The minimum atomic E-state index is -1.39. The lowest BCUT2D eigenvalue weighted by Crippen LogP contribution is -2.46. The summed E-state index contributed by atoms with van der Waals surface area (Å²) in [6.45, 7) is 5.12. The van der Waals surface area contributed by atoms with E-state index in [-0.39, 0.29) is 11.3 Å². The maximum atomic E-state index is 12.0. The number of ether oxygens (including phenoxy) is 1. The van der Waals surface area contributed by atoms with Crippen molar-refractivity contribution in [1.29, 1.82) is 0 Å². The maximum Gasteiger partial charge on any atom is 0.507 e. The van der Waals surface area contributed by atoms with Gasteiger partial charge in [-0.25, -0.2) is 4.79 Å². The molecule has 5 nitrogen and oxygen atoms in total. The second-order valence-corrected chi connectivity index (χ2v) is 7.46. The first-order chi connectivity index (χ1) is 9.72. The van der Waals surface area contributed by atoms with Gasteiger partial charge in [0.15, 0.2) is 6.23 Å². The Morgan fingerprint density at radius 1 is 1.33 bits per heavy atom. The van der Waals surface area contributed by atoms with E-state index in [1.165, 1.54) is 23.6 Å². The van der Waals surface area contributed by atoms with Crippen molar-refractivity contribution in [3.63, 3.8) is 0 Å². The van der Waals surface area contributed by atoms with Gasteiger partial charge < -0.3 is 9.84 Å². The van der Waals surface area contributed by atoms with Gasteiger partial charge in [0.25, 0.3) is 0 Å². The van der Waals surface area contributed by atoms with E-state index in [0.717, 1.165) is 5.56 Å². The molecule has 0 bridgehead atoms. The van der Waals surface area contributed by atoms with Crippen LogP contribution in [-0.2, 0) is 9.53 Å². The Morgan fingerprint density at radius 3 is 2.38 bits per heavy atom. The first-order valence-electron chi connectivity index (χ1n) is 6.34. The molecule has 0 aromatic heterocycles. The van der Waals surface area contributed by atoms with Crippen LogP contribution in [0, 0.1) is 0 Å². The van der Waals surface area contributed by atoms with Gasteiger partial charge in [-0.3, -0.25) is 9.69 Å². The highest BCUT2D eigenvalue weighted by atomic mass is 35.5. The summed E-state index contributed by atoms with van der Waals surface area (Å²) in [6.07, 6.45) is -2.23. The van der Waals surface area contributed by atoms with E-state index in [1.54, 1.807) is 12.1 Å². The zero-order chi connectivity index (χ0) is 15.8. The number of carbonyl (C=O) groups excluding carboxylic acids is 1. The Kier molecular flexibility index (Phi) is 4.39. The Bertz CT molecular complexity index is 561. The molecule has 21 heavy (non-hydrogen) atoms. The molecule has 7 heteroatoms. The van der Waals surface area contributed by atoms with E-state index in [9.17, 15) is 9.59 Å². The van der Waals surface area contributed by atoms with Crippen LogP contribution >= 0.6 is 23.4 Å². The van der Waals surface area contributed by atoms with Gasteiger partial charge >= 0.3 is 6.16 Å². The van der Waals surface area contributed by atoms with Crippen molar-refractivity contribution in [2.75, 3.05) is 0 Å². The number of halogens is 1. The van der Waals surface area contributed by atoms with Crippen LogP contribution in [0.15, 0.2) is 24.3 Å². The average Bonchev–Trinajstić information content (AvgIpc) is 2.61. The van der Waals surface area contributed by atoms with Crippen molar-refractivity contribution in [3.8, 4) is 0 Å². The second kappa shape index (κ2) is 5.77. The smallest absolute Gasteiger partial charge is 0.450 e. The highest BCUT2D eigenvalue weighted by Crippen LogP contribution is 2.52. The predicted octanol–water partition coefficient (Wildman–Crippen LogP) is 3.73. The van der Waals surface area contributed by atoms with Gasteiger partial charge in [0.1, 0.15) is 5.37 Å². The molecule has 1 fully saturated rings. The van der Waals surface area contributed by atoms with Gasteiger partial charge in [-0.2, -0.15) is 0 Å². The SMILES string of the molecule is CC(=O)N1[C@@H](c2ccc(Cl)cc2)SC(C)(C)[C@@H]1OC(=O)O. The van der Waals surface area contributed by atoms with Crippen LogP contribution in [0.1, 0.15) is 31.7 Å². The lowest BCUT2D eigenvalue weighted by molar-refractivity contribution is -0.141. The van der Waals surface area contributed by atoms with Crippen LogP contribution < -0.4 is 0 Å². The van der Waals surface area contributed by atoms with E-state index in [0.29, 0.717) is 5.02 Å². The van der Waals surface area contributed by atoms with Crippen LogP contribution in [-0.4, -0.2) is 33.0 Å². The minimum Gasteiger partial charge on any atom is -0.450 e. The molecule has 114 valence electrons. The number of thioether (sulfide) groups is 1. The summed E-state index contributed by atoms with van der Waals surface area (Å²) in [5.74, 6) is -0.237. The summed E-state index contributed by atoms with van der Waals surface area (Å²) in [5, 5.41) is 9.21. The molecule has 0 aliphatic carbocycles. The van der Waals surface area contributed by atoms with Gasteiger partial charge in [-0.15, -0.1) is 11.8 Å². The van der Waals surface area contributed by atoms with Crippen molar-refractivity contribution < 1.29 is 19.4 Å². The third-order valence-corrected chi connectivity index (χ3v) is 5.03. The van der Waals surface area contributed by atoms with Crippen molar-refractivity contribution in [3.05, 3.63) is 34.9 Å². The molecule has 2 atom stereocenters. The summed E-state index contributed by atoms with van der Waals surface area (Å²) in [7, 11) is 0. The molecule has 1 aliphatic heterocycles. The second-order valence-electron chi connectivity index (χ2n) is 5.29. The number of benzene rings is 1. The molecule has 0 radical (unpaired) electrons. The molecule has 2 rings (SSSR count). The van der Waals surface area contributed by atoms with Crippen molar-refractivity contribution in [2.24, 2.45) is 0 Å². The van der Waals surface area contributed by atoms with Crippen molar-refractivity contribution in [1.82, 2.24) is 4.90 Å². The normalized spacial score (nSPS) is 23.9. The van der Waals surface area contributed by atoms with Crippen molar-refractivity contribution >= 4 is 35.4 Å². The molecule has 1 amide bonds. The lowest BCUT2D eigenvalue weighted by atomic mass is 10.1. The molecule has 1 N–H and O–H groups in total. The minimum absolute atomic E-state index is 0.237. The third-order valence-electron chi connectivity index (χ3n) is 3.25. The summed E-state index contributed by atoms with van der Waals surface area (Å²) >= 11 is 7.37. The molecule has 1 saturated heterocycles. The fourth-order valence-electron chi connectivity index (χ4n) is 2.34. The van der Waals surface area contributed by atoms with E-state index < -0.39 is 17.1 Å². The third kappa shape index (κ3) is 3.27. The highest BCUT2D eigenvalue weighted by molar-refractivity contribution is 8.01. The van der Waals surface area contributed by atoms with Crippen LogP contribution in [0.5, 0.6) is 0 Å². The summed E-state index contributed by atoms with van der Waals surface area (Å²) in [6, 6.07) is 7.15. The van der Waals surface area contributed by atoms with E-state index >= 15 is 0 Å². The highest BCUT2D eigenvalue weighted by Gasteiger charge is 2.51. The lowest BCUT2D eigenvalue weighted by Gasteiger charge is -2.30. The van der Waals surface area contributed by atoms with Gasteiger partial charge in [0, 0.05) is 11.9 Å². The summed E-state index contributed by atoms with van der Waals surface area (Å²) < 4.78 is 4.40. The molecule has 1 heterocycles.